The molecule has 2 atom stereocenters. The molecule has 0 heterocycles. The van der Waals surface area contributed by atoms with E-state index in [0.29, 0.717) is 51.7 Å². The fraction of sp³-hybridized carbons (Fsp3) is 0.667. The number of hydrogen-bond acceptors (Lipinski definition) is 6. The second kappa shape index (κ2) is 16.3. The van der Waals surface area contributed by atoms with Crippen molar-refractivity contribution in [3.8, 4) is 5.75 Å². The summed E-state index contributed by atoms with van der Waals surface area (Å²) in [5.41, 5.74) is 0.851. The number of carbonyl (C=O) groups is 2. The van der Waals surface area contributed by atoms with Crippen molar-refractivity contribution in [3.63, 3.8) is 0 Å². The van der Waals surface area contributed by atoms with Crippen LogP contribution in [0.1, 0.15) is 52.5 Å². The lowest BCUT2D eigenvalue weighted by Crippen LogP contribution is -2.37. The van der Waals surface area contributed by atoms with Crippen molar-refractivity contribution in [1.29, 1.82) is 0 Å². The number of rotatable bonds is 17. The quantitative estimate of drug-likeness (QED) is 0.354. The SMILES string of the molecule is CCCOCCCN(CCOc1ccc(CC(OCC)C(=O)O)cc1)C(=O)OC(C)CC. The van der Waals surface area contributed by atoms with Crippen LogP contribution in [-0.2, 0) is 25.4 Å². The van der Waals surface area contributed by atoms with E-state index in [1.54, 1.807) is 24.0 Å². The highest BCUT2D eigenvalue weighted by Gasteiger charge is 2.19. The van der Waals surface area contributed by atoms with Gasteiger partial charge in [-0.1, -0.05) is 26.0 Å². The molecule has 0 saturated heterocycles. The van der Waals surface area contributed by atoms with Crippen molar-refractivity contribution >= 4 is 12.1 Å². The first kappa shape index (κ1) is 27.7. The molecule has 0 radical (unpaired) electrons. The first-order chi connectivity index (χ1) is 15.4. The van der Waals surface area contributed by atoms with E-state index in [0.717, 1.165) is 24.8 Å². The molecule has 0 aliphatic heterocycles. The molecule has 0 spiro atoms. The van der Waals surface area contributed by atoms with Gasteiger partial charge in [0.05, 0.1) is 6.54 Å². The predicted molar refractivity (Wildman–Crippen MR) is 122 cm³/mol. The van der Waals surface area contributed by atoms with Gasteiger partial charge >= 0.3 is 12.1 Å². The Morgan fingerprint density at radius 1 is 1.03 bits per heavy atom. The molecule has 0 saturated carbocycles. The first-order valence-electron chi connectivity index (χ1n) is 11.5. The highest BCUT2D eigenvalue weighted by molar-refractivity contribution is 5.72. The van der Waals surface area contributed by atoms with Crippen LogP contribution in [0.2, 0.25) is 0 Å². The summed E-state index contributed by atoms with van der Waals surface area (Å²) in [4.78, 5) is 25.4. The van der Waals surface area contributed by atoms with Crippen LogP contribution in [0.15, 0.2) is 24.3 Å². The Bertz CT molecular complexity index is 650. The van der Waals surface area contributed by atoms with E-state index >= 15 is 0 Å². The Hall–Kier alpha value is -2.32. The summed E-state index contributed by atoms with van der Waals surface area (Å²) < 4.78 is 22.0. The van der Waals surface area contributed by atoms with E-state index in [-0.39, 0.29) is 12.2 Å². The Morgan fingerprint density at radius 2 is 1.75 bits per heavy atom. The summed E-state index contributed by atoms with van der Waals surface area (Å²) in [7, 11) is 0. The summed E-state index contributed by atoms with van der Waals surface area (Å²) in [6.45, 7) is 10.6. The van der Waals surface area contributed by atoms with Crippen LogP contribution < -0.4 is 4.74 Å². The number of ether oxygens (including phenoxy) is 4. The number of aliphatic carboxylic acids is 1. The molecule has 182 valence electrons. The number of carboxylic acid groups (broad SMARTS) is 1. The maximum Gasteiger partial charge on any atom is 0.410 e. The van der Waals surface area contributed by atoms with Crippen molar-refractivity contribution < 1.29 is 33.6 Å². The highest BCUT2D eigenvalue weighted by Crippen LogP contribution is 2.15. The number of nitrogens with zero attached hydrogens (tertiary/aromatic N) is 1. The molecule has 8 nitrogen and oxygen atoms in total. The number of carbonyl (C=O) groups excluding carboxylic acids is 1. The smallest absolute Gasteiger partial charge is 0.410 e. The molecule has 0 fully saturated rings. The summed E-state index contributed by atoms with van der Waals surface area (Å²) >= 11 is 0. The van der Waals surface area contributed by atoms with Crippen LogP contribution in [-0.4, -0.2) is 73.8 Å². The summed E-state index contributed by atoms with van der Waals surface area (Å²) in [5, 5.41) is 9.21. The third kappa shape index (κ3) is 11.3. The van der Waals surface area contributed by atoms with Crippen LogP contribution in [0.25, 0.3) is 0 Å². The van der Waals surface area contributed by atoms with Gasteiger partial charge in [0.2, 0.25) is 0 Å². The van der Waals surface area contributed by atoms with Crippen molar-refractivity contribution in [2.24, 2.45) is 0 Å². The van der Waals surface area contributed by atoms with Gasteiger partial charge in [0, 0.05) is 32.8 Å². The molecule has 0 aromatic heterocycles. The number of hydrogen-bond donors (Lipinski definition) is 1. The van der Waals surface area contributed by atoms with Crippen LogP contribution in [0, 0.1) is 0 Å². The zero-order valence-corrected chi connectivity index (χ0v) is 19.9. The monoisotopic (exact) mass is 453 g/mol. The molecule has 32 heavy (non-hydrogen) atoms. The van der Waals surface area contributed by atoms with Crippen molar-refractivity contribution in [2.75, 3.05) is 39.5 Å². The Morgan fingerprint density at radius 3 is 2.34 bits per heavy atom. The van der Waals surface area contributed by atoms with Crippen molar-refractivity contribution in [3.05, 3.63) is 29.8 Å². The van der Waals surface area contributed by atoms with Gasteiger partial charge in [-0.15, -0.1) is 0 Å². The molecular weight excluding hydrogens is 414 g/mol. The van der Waals surface area contributed by atoms with Gasteiger partial charge in [0.25, 0.3) is 0 Å². The molecule has 0 aliphatic rings. The maximum atomic E-state index is 12.5. The zero-order valence-electron chi connectivity index (χ0n) is 19.9. The van der Waals surface area contributed by atoms with Crippen LogP contribution in [0.3, 0.4) is 0 Å². The second-order valence-electron chi connectivity index (χ2n) is 7.53. The second-order valence-corrected chi connectivity index (χ2v) is 7.53. The average molecular weight is 454 g/mol. The third-order valence-corrected chi connectivity index (χ3v) is 4.82. The van der Waals surface area contributed by atoms with E-state index in [9.17, 15) is 14.7 Å². The molecule has 0 bridgehead atoms. The van der Waals surface area contributed by atoms with Gasteiger partial charge in [-0.2, -0.15) is 0 Å². The van der Waals surface area contributed by atoms with Crippen molar-refractivity contribution in [1.82, 2.24) is 4.90 Å². The van der Waals surface area contributed by atoms with E-state index in [1.165, 1.54) is 0 Å². The molecule has 8 heteroatoms. The Balaban J connectivity index is 2.55. The summed E-state index contributed by atoms with van der Waals surface area (Å²) in [5.74, 6) is -0.324. The molecule has 1 amide bonds. The fourth-order valence-electron chi connectivity index (χ4n) is 2.86. The predicted octanol–water partition coefficient (Wildman–Crippen LogP) is 4.15. The van der Waals surface area contributed by atoms with Gasteiger partial charge in [-0.25, -0.2) is 9.59 Å². The minimum atomic E-state index is -0.975. The minimum Gasteiger partial charge on any atom is -0.492 e. The lowest BCUT2D eigenvalue weighted by Gasteiger charge is -2.24. The van der Waals surface area contributed by atoms with E-state index < -0.39 is 12.1 Å². The largest absolute Gasteiger partial charge is 0.492 e. The van der Waals surface area contributed by atoms with Crippen LogP contribution >= 0.6 is 0 Å². The Kier molecular flexibility index (Phi) is 14.1. The molecule has 1 N–H and O–H groups in total. The number of carboxylic acids is 1. The van der Waals surface area contributed by atoms with Gasteiger partial charge in [-0.3, -0.25) is 0 Å². The first-order valence-corrected chi connectivity index (χ1v) is 11.5. The molecule has 2 unspecified atom stereocenters. The molecular formula is C24H39NO7. The van der Waals surface area contributed by atoms with Gasteiger partial charge in [0.15, 0.2) is 6.10 Å². The molecule has 1 rings (SSSR count). The zero-order chi connectivity index (χ0) is 23.8. The van der Waals surface area contributed by atoms with Gasteiger partial charge in [-0.05, 0) is 50.8 Å². The molecule has 1 aromatic carbocycles. The van der Waals surface area contributed by atoms with Gasteiger partial charge < -0.3 is 29.0 Å². The molecule has 0 aliphatic carbocycles. The van der Waals surface area contributed by atoms with Crippen LogP contribution in [0.4, 0.5) is 4.79 Å². The maximum absolute atomic E-state index is 12.5. The Labute approximate surface area is 191 Å². The van der Waals surface area contributed by atoms with Crippen molar-refractivity contribution in [2.45, 2.75) is 65.6 Å². The standard InChI is InChI=1S/C24H39NO7/c1-5-15-29-16-8-13-25(24(28)32-19(4)6-2)14-17-31-21-11-9-20(10-12-21)18-22(23(26)27)30-7-3/h9-12,19,22H,5-8,13-18H2,1-4H3,(H,26,27). The topological polar surface area (TPSA) is 94.5 Å². The third-order valence-electron chi connectivity index (χ3n) is 4.82. The molecule has 1 aromatic rings. The van der Waals surface area contributed by atoms with E-state index in [1.807, 2.05) is 26.0 Å². The average Bonchev–Trinajstić information content (AvgIpc) is 2.78. The normalized spacial score (nSPS) is 12.8. The lowest BCUT2D eigenvalue weighted by atomic mass is 10.1. The van der Waals surface area contributed by atoms with E-state index in [2.05, 4.69) is 6.92 Å². The van der Waals surface area contributed by atoms with E-state index in [4.69, 9.17) is 18.9 Å². The summed E-state index contributed by atoms with van der Waals surface area (Å²) in [6.07, 6.45) is 1.40. The minimum absolute atomic E-state index is 0.138. The van der Waals surface area contributed by atoms with Crippen LogP contribution in [0.5, 0.6) is 5.75 Å². The lowest BCUT2D eigenvalue weighted by molar-refractivity contribution is -0.149. The van der Waals surface area contributed by atoms with Gasteiger partial charge in [0.1, 0.15) is 18.5 Å². The number of amides is 1. The highest BCUT2D eigenvalue weighted by atomic mass is 16.6. The number of benzene rings is 1. The fourth-order valence-corrected chi connectivity index (χ4v) is 2.86. The summed E-state index contributed by atoms with van der Waals surface area (Å²) in [6, 6.07) is 7.23.